The van der Waals surface area contributed by atoms with Gasteiger partial charge >= 0.3 is 0 Å². The first kappa shape index (κ1) is 27.1. The quantitative estimate of drug-likeness (QED) is 0.308. The van der Waals surface area contributed by atoms with Gasteiger partial charge in [0.05, 0.1) is 31.6 Å². The molecule has 5 rings (SSSR count). The number of aromatic nitrogens is 4. The van der Waals surface area contributed by atoms with E-state index in [-0.39, 0.29) is 37.5 Å². The standard InChI is InChI=1S/C30H30FN5O4/c1-17-6-5-7-22(34-17)9-28(38)27-8-21(31)14-36(27)30(39)16-35-15-25(18(2)37)24-10-23(29(40-4)11-26(24)35)20-12-32-19(3)33-13-20/h5-7,10-13,15,21,27H,8-9,14,16H2,1-4H3/t21-,27+/m1/s1. The Bertz CT molecular complexity index is 1610. The second kappa shape index (κ2) is 11.0. The van der Waals surface area contributed by atoms with Crippen molar-refractivity contribution in [2.24, 2.45) is 0 Å². The predicted molar refractivity (Wildman–Crippen MR) is 147 cm³/mol. The van der Waals surface area contributed by atoms with E-state index < -0.39 is 18.1 Å². The molecular weight excluding hydrogens is 513 g/mol. The van der Waals surface area contributed by atoms with Crippen LogP contribution in [0.3, 0.4) is 0 Å². The highest BCUT2D eigenvalue weighted by atomic mass is 19.1. The van der Waals surface area contributed by atoms with E-state index in [1.165, 1.54) is 18.9 Å². The van der Waals surface area contributed by atoms with E-state index in [2.05, 4.69) is 15.0 Å². The topological polar surface area (TPSA) is 107 Å². The van der Waals surface area contributed by atoms with Gasteiger partial charge in [-0.05, 0) is 39.0 Å². The summed E-state index contributed by atoms with van der Waals surface area (Å²) in [4.78, 5) is 53.5. The smallest absolute Gasteiger partial charge is 0.243 e. The number of halogens is 1. The highest BCUT2D eigenvalue weighted by Gasteiger charge is 2.39. The number of amides is 1. The van der Waals surface area contributed by atoms with Crippen LogP contribution in [-0.4, -0.2) is 67.8 Å². The zero-order chi connectivity index (χ0) is 28.6. The van der Waals surface area contributed by atoms with Crippen molar-refractivity contribution in [3.8, 4) is 16.9 Å². The second-order valence-corrected chi connectivity index (χ2v) is 10.1. The molecule has 2 atom stereocenters. The van der Waals surface area contributed by atoms with Crippen LogP contribution in [0.25, 0.3) is 22.0 Å². The molecule has 1 fully saturated rings. The first-order chi connectivity index (χ1) is 19.1. The lowest BCUT2D eigenvalue weighted by Gasteiger charge is -2.24. The minimum Gasteiger partial charge on any atom is -0.496 e. The van der Waals surface area contributed by atoms with Crippen molar-refractivity contribution in [1.29, 1.82) is 0 Å². The summed E-state index contributed by atoms with van der Waals surface area (Å²) in [5.74, 6) is 0.321. The lowest BCUT2D eigenvalue weighted by molar-refractivity contribution is -0.137. The molecule has 1 saturated heterocycles. The molecule has 0 N–H and O–H groups in total. The number of alkyl halides is 1. The highest BCUT2D eigenvalue weighted by molar-refractivity contribution is 6.09. The Morgan fingerprint density at radius 2 is 1.88 bits per heavy atom. The predicted octanol–water partition coefficient (Wildman–Crippen LogP) is 4.07. The molecule has 10 heteroatoms. The number of aryl methyl sites for hydroxylation is 2. The summed E-state index contributed by atoms with van der Waals surface area (Å²) in [6, 6.07) is 8.11. The van der Waals surface area contributed by atoms with Crippen LogP contribution < -0.4 is 4.74 Å². The van der Waals surface area contributed by atoms with Gasteiger partial charge in [-0.25, -0.2) is 14.4 Å². The van der Waals surface area contributed by atoms with E-state index in [1.54, 1.807) is 42.2 Å². The number of hydrogen-bond acceptors (Lipinski definition) is 7. The average Bonchev–Trinajstić information content (AvgIpc) is 3.49. The van der Waals surface area contributed by atoms with E-state index in [4.69, 9.17) is 4.74 Å². The van der Waals surface area contributed by atoms with Gasteiger partial charge in [0.15, 0.2) is 11.6 Å². The minimum absolute atomic E-state index is 0.0203. The highest BCUT2D eigenvalue weighted by Crippen LogP contribution is 2.36. The Labute approximate surface area is 231 Å². The zero-order valence-electron chi connectivity index (χ0n) is 22.8. The van der Waals surface area contributed by atoms with Crippen LogP contribution in [0.5, 0.6) is 5.75 Å². The van der Waals surface area contributed by atoms with Crippen molar-refractivity contribution < 1.29 is 23.5 Å². The van der Waals surface area contributed by atoms with Crippen molar-refractivity contribution in [2.45, 2.75) is 52.4 Å². The number of pyridine rings is 1. The van der Waals surface area contributed by atoms with E-state index in [1.807, 2.05) is 25.1 Å². The van der Waals surface area contributed by atoms with Gasteiger partial charge in [-0.15, -0.1) is 0 Å². The molecule has 0 bridgehead atoms. The third-order valence-electron chi connectivity index (χ3n) is 7.22. The van der Waals surface area contributed by atoms with Crippen molar-refractivity contribution in [3.63, 3.8) is 0 Å². The summed E-state index contributed by atoms with van der Waals surface area (Å²) in [6.07, 6.45) is 3.67. The zero-order valence-corrected chi connectivity index (χ0v) is 22.8. The van der Waals surface area contributed by atoms with Crippen LogP contribution in [0.15, 0.2) is 48.9 Å². The van der Waals surface area contributed by atoms with Crippen LogP contribution in [-0.2, 0) is 22.6 Å². The van der Waals surface area contributed by atoms with E-state index in [0.717, 1.165) is 11.3 Å². The third-order valence-corrected chi connectivity index (χ3v) is 7.22. The lowest BCUT2D eigenvalue weighted by Crippen LogP contribution is -2.42. The van der Waals surface area contributed by atoms with Crippen molar-refractivity contribution >= 4 is 28.4 Å². The minimum atomic E-state index is -1.29. The normalized spacial score (nSPS) is 16.9. The molecule has 1 aliphatic rings. The van der Waals surface area contributed by atoms with Crippen molar-refractivity contribution in [2.75, 3.05) is 13.7 Å². The SMILES string of the molecule is COc1cc2c(cc1-c1cnc(C)nc1)c(C(C)=O)cn2CC(=O)N1C[C@H](F)C[C@H]1C(=O)Cc1cccc(C)n1. The van der Waals surface area contributed by atoms with Crippen LogP contribution in [0.4, 0.5) is 4.39 Å². The molecular formula is C30H30FN5O4. The number of methoxy groups -OCH3 is 1. The molecule has 40 heavy (non-hydrogen) atoms. The Morgan fingerprint density at radius 1 is 1.12 bits per heavy atom. The van der Waals surface area contributed by atoms with Gasteiger partial charge in [-0.2, -0.15) is 0 Å². The molecule has 206 valence electrons. The molecule has 0 aliphatic carbocycles. The number of carbonyl (C=O) groups excluding carboxylic acids is 3. The molecule has 0 radical (unpaired) electrons. The first-order valence-electron chi connectivity index (χ1n) is 13.0. The Kier molecular flexibility index (Phi) is 7.42. The monoisotopic (exact) mass is 543 g/mol. The summed E-state index contributed by atoms with van der Waals surface area (Å²) in [5, 5.41) is 0.639. The Balaban J connectivity index is 1.46. The lowest BCUT2D eigenvalue weighted by atomic mass is 10.0. The summed E-state index contributed by atoms with van der Waals surface area (Å²) < 4.78 is 21.8. The van der Waals surface area contributed by atoms with Crippen LogP contribution in [0, 0.1) is 13.8 Å². The van der Waals surface area contributed by atoms with Gasteiger partial charge in [0, 0.05) is 64.5 Å². The average molecular weight is 544 g/mol. The summed E-state index contributed by atoms with van der Waals surface area (Å²) in [5.41, 5.74) is 3.83. The second-order valence-electron chi connectivity index (χ2n) is 10.1. The molecule has 0 spiro atoms. The van der Waals surface area contributed by atoms with Gasteiger partial charge < -0.3 is 14.2 Å². The summed E-state index contributed by atoms with van der Waals surface area (Å²) in [6.45, 7) is 4.76. The summed E-state index contributed by atoms with van der Waals surface area (Å²) >= 11 is 0. The molecule has 3 aromatic heterocycles. The Hall–Kier alpha value is -4.47. The van der Waals surface area contributed by atoms with Crippen LogP contribution >= 0.6 is 0 Å². The van der Waals surface area contributed by atoms with Gasteiger partial charge in [-0.3, -0.25) is 19.4 Å². The fourth-order valence-corrected chi connectivity index (χ4v) is 5.25. The van der Waals surface area contributed by atoms with E-state index >= 15 is 0 Å². The van der Waals surface area contributed by atoms with Gasteiger partial charge in [-0.1, -0.05) is 6.07 Å². The van der Waals surface area contributed by atoms with Crippen LogP contribution in [0.2, 0.25) is 0 Å². The molecule has 4 heterocycles. The molecule has 0 unspecified atom stereocenters. The van der Waals surface area contributed by atoms with Crippen molar-refractivity contribution in [3.05, 3.63) is 71.7 Å². The van der Waals surface area contributed by atoms with E-state index in [9.17, 15) is 18.8 Å². The third kappa shape index (κ3) is 5.34. The maximum absolute atomic E-state index is 14.5. The maximum Gasteiger partial charge on any atom is 0.243 e. The molecule has 1 aliphatic heterocycles. The molecule has 9 nitrogen and oxygen atoms in total. The number of nitrogens with zero attached hydrogens (tertiary/aromatic N) is 5. The number of carbonyl (C=O) groups is 3. The van der Waals surface area contributed by atoms with Gasteiger partial charge in [0.1, 0.15) is 24.3 Å². The fourth-order valence-electron chi connectivity index (χ4n) is 5.25. The molecule has 1 aromatic carbocycles. The number of ether oxygens (including phenoxy) is 1. The van der Waals surface area contributed by atoms with Crippen LogP contribution in [0.1, 0.15) is 40.9 Å². The molecule has 1 amide bonds. The molecule has 0 saturated carbocycles. The Morgan fingerprint density at radius 3 is 2.55 bits per heavy atom. The maximum atomic E-state index is 14.5. The first-order valence-corrected chi connectivity index (χ1v) is 13.0. The summed E-state index contributed by atoms with van der Waals surface area (Å²) in [7, 11) is 1.54. The van der Waals surface area contributed by atoms with Gasteiger partial charge in [0.2, 0.25) is 5.91 Å². The number of ketones is 2. The number of likely N-dealkylation sites (tertiary alicyclic amines) is 1. The van der Waals surface area contributed by atoms with E-state index in [0.29, 0.717) is 39.3 Å². The number of fused-ring (bicyclic) bond motifs is 1. The van der Waals surface area contributed by atoms with Crippen molar-refractivity contribution in [1.82, 2.24) is 24.4 Å². The fraction of sp³-hybridized carbons (Fsp3) is 0.333. The largest absolute Gasteiger partial charge is 0.496 e. The number of benzene rings is 1. The molecule has 4 aromatic rings. The number of hydrogen-bond donors (Lipinski definition) is 0. The van der Waals surface area contributed by atoms with Gasteiger partial charge in [0.25, 0.3) is 0 Å². The number of rotatable bonds is 8. The number of Topliss-reactive ketones (excluding diaryl/α,β-unsaturated/α-hetero) is 2.